The summed E-state index contributed by atoms with van der Waals surface area (Å²) in [5.74, 6) is -0.160. The van der Waals surface area contributed by atoms with E-state index < -0.39 is 17.3 Å². The third-order valence-corrected chi connectivity index (χ3v) is 7.74. The van der Waals surface area contributed by atoms with Crippen LogP contribution in [0.4, 0.5) is 10.1 Å². The smallest absolute Gasteiger partial charge is 0.286 e. The first-order chi connectivity index (χ1) is 22.9. The highest BCUT2D eigenvalue weighted by Gasteiger charge is 2.18. The summed E-state index contributed by atoms with van der Waals surface area (Å²) >= 11 is 0. The number of hydrogen-bond donors (Lipinski definition) is 1. The lowest BCUT2D eigenvalue weighted by Crippen LogP contribution is -2.37. The quantitative estimate of drug-likeness (QED) is 0.190. The Bertz CT molecular complexity index is 1940. The number of methoxy groups -OCH3 is 1. The first-order valence-electron chi connectivity index (χ1n) is 15.2. The number of carbonyl (C=O) groups excluding carboxylic acids is 1. The molecule has 0 radical (unpaired) electrons. The zero-order valence-corrected chi connectivity index (χ0v) is 26.1. The van der Waals surface area contributed by atoms with Crippen LogP contribution in [0.5, 0.6) is 23.0 Å². The van der Waals surface area contributed by atoms with Crippen LogP contribution in [-0.4, -0.2) is 71.9 Å². The molecule has 1 amide bonds. The molecule has 242 valence electrons. The van der Waals surface area contributed by atoms with Gasteiger partial charge in [0.05, 0.1) is 32.4 Å². The van der Waals surface area contributed by atoms with Crippen LogP contribution < -0.4 is 25.1 Å². The monoisotopic (exact) mass is 639 g/mol. The number of rotatable bonds is 11. The highest BCUT2D eigenvalue weighted by molar-refractivity contribution is 6.02. The van der Waals surface area contributed by atoms with Crippen molar-refractivity contribution in [2.75, 3.05) is 51.9 Å². The molecule has 6 rings (SSSR count). The second kappa shape index (κ2) is 14.4. The van der Waals surface area contributed by atoms with E-state index in [-0.39, 0.29) is 17.1 Å². The molecule has 0 bridgehead atoms. The van der Waals surface area contributed by atoms with Crippen molar-refractivity contribution in [1.29, 1.82) is 0 Å². The van der Waals surface area contributed by atoms with Gasteiger partial charge >= 0.3 is 0 Å². The second-order valence-electron chi connectivity index (χ2n) is 11.0. The Hall–Kier alpha value is -5.33. The van der Waals surface area contributed by atoms with Gasteiger partial charge in [-0.2, -0.15) is 0 Å². The molecule has 3 aromatic carbocycles. The maximum Gasteiger partial charge on any atom is 0.286 e. The number of pyridine rings is 1. The number of halogens is 1. The van der Waals surface area contributed by atoms with E-state index in [0.29, 0.717) is 40.4 Å². The van der Waals surface area contributed by atoms with Crippen LogP contribution in [0.15, 0.2) is 84.0 Å². The summed E-state index contributed by atoms with van der Waals surface area (Å²) in [7, 11) is 1.55. The molecular formula is C35H34FN5O6. The predicted octanol–water partition coefficient (Wildman–Crippen LogP) is 5.38. The largest absolute Gasteiger partial charge is 0.493 e. The number of hydrogen-bond acceptors (Lipinski definition) is 9. The van der Waals surface area contributed by atoms with Crippen molar-refractivity contribution in [3.63, 3.8) is 0 Å². The number of aryl methyl sites for hydroxylation is 1. The summed E-state index contributed by atoms with van der Waals surface area (Å²) < 4.78 is 39.6. The Balaban J connectivity index is 1.14. The lowest BCUT2D eigenvalue weighted by atomic mass is 10.1. The van der Waals surface area contributed by atoms with E-state index in [2.05, 4.69) is 20.2 Å². The molecule has 1 fully saturated rings. The molecule has 1 aliphatic rings. The highest BCUT2D eigenvalue weighted by atomic mass is 19.1. The van der Waals surface area contributed by atoms with Crippen LogP contribution in [0.25, 0.3) is 16.6 Å². The number of amides is 1. The number of nitrogens with one attached hydrogen (secondary N) is 1. The number of ether oxygens (including phenoxy) is 4. The standard InChI is InChI=1S/C35H34FN5O6/c1-23-4-7-25(8-5-23)41-14-12-38-33(35(41)43)34(42)39-24-6-9-30(27(36)20-24)47-29-10-11-37-28-22-32(31(44-2)21-26(28)29)46-17-3-13-40-15-18-45-19-16-40/h4-12,14,20-22H,3,13,15-19H2,1-2H3,(H,39,42). The van der Waals surface area contributed by atoms with E-state index in [4.69, 9.17) is 18.9 Å². The summed E-state index contributed by atoms with van der Waals surface area (Å²) in [4.78, 5) is 36.8. The molecule has 0 atom stereocenters. The molecule has 11 nitrogen and oxygen atoms in total. The fourth-order valence-corrected chi connectivity index (χ4v) is 5.23. The van der Waals surface area contributed by atoms with Crippen LogP contribution in [-0.2, 0) is 4.74 Å². The van der Waals surface area contributed by atoms with Gasteiger partial charge in [0.1, 0.15) is 5.75 Å². The fourth-order valence-electron chi connectivity index (χ4n) is 5.23. The minimum absolute atomic E-state index is 0.0718. The Kier molecular flexibility index (Phi) is 9.69. The van der Waals surface area contributed by atoms with E-state index >= 15 is 4.39 Å². The van der Waals surface area contributed by atoms with Gasteiger partial charge in [0.25, 0.3) is 11.5 Å². The molecule has 0 spiro atoms. The Labute approximate surface area is 270 Å². The maximum absolute atomic E-state index is 15.3. The third kappa shape index (κ3) is 7.40. The lowest BCUT2D eigenvalue weighted by Gasteiger charge is -2.26. The molecule has 1 saturated heterocycles. The van der Waals surface area contributed by atoms with Crippen molar-refractivity contribution in [2.24, 2.45) is 0 Å². The third-order valence-electron chi connectivity index (χ3n) is 7.74. The molecule has 12 heteroatoms. The van der Waals surface area contributed by atoms with E-state index in [1.54, 1.807) is 43.6 Å². The van der Waals surface area contributed by atoms with Gasteiger partial charge in [-0.25, -0.2) is 9.37 Å². The van der Waals surface area contributed by atoms with Crippen LogP contribution >= 0.6 is 0 Å². The summed E-state index contributed by atoms with van der Waals surface area (Å²) in [5.41, 5.74) is 1.41. The van der Waals surface area contributed by atoms with Gasteiger partial charge in [-0.1, -0.05) is 17.7 Å². The molecule has 0 saturated carbocycles. The number of nitrogens with zero attached hydrogens (tertiary/aromatic N) is 4. The molecule has 1 aliphatic heterocycles. The molecule has 2 aromatic heterocycles. The van der Waals surface area contributed by atoms with Crippen LogP contribution in [0.3, 0.4) is 0 Å². The Morgan fingerprint density at radius 3 is 2.53 bits per heavy atom. The Morgan fingerprint density at radius 2 is 1.77 bits per heavy atom. The number of anilines is 1. The van der Waals surface area contributed by atoms with Crippen molar-refractivity contribution >= 4 is 22.5 Å². The molecule has 3 heterocycles. The molecule has 1 N–H and O–H groups in total. The van der Waals surface area contributed by atoms with Crippen LogP contribution in [0, 0.1) is 12.7 Å². The summed E-state index contributed by atoms with van der Waals surface area (Å²) in [6.07, 6.45) is 5.26. The van der Waals surface area contributed by atoms with Gasteiger partial charge in [0.15, 0.2) is 28.8 Å². The number of benzene rings is 3. The fraction of sp³-hybridized carbons (Fsp3) is 0.257. The molecule has 0 aliphatic carbocycles. The number of aromatic nitrogens is 3. The van der Waals surface area contributed by atoms with Crippen LogP contribution in [0.1, 0.15) is 22.5 Å². The van der Waals surface area contributed by atoms with Gasteiger partial charge in [-0.15, -0.1) is 0 Å². The average molecular weight is 640 g/mol. The topological polar surface area (TPSA) is 117 Å². The van der Waals surface area contributed by atoms with E-state index in [1.165, 1.54) is 29.1 Å². The second-order valence-corrected chi connectivity index (χ2v) is 11.0. The minimum atomic E-state index is -0.768. The first kappa shape index (κ1) is 31.6. The van der Waals surface area contributed by atoms with E-state index in [9.17, 15) is 9.59 Å². The SMILES string of the molecule is COc1cc2c(Oc3ccc(NC(=O)c4nccn(-c5ccc(C)cc5)c4=O)cc3F)ccnc2cc1OCCCN1CCOCC1. The number of carbonyl (C=O) groups is 1. The van der Waals surface area contributed by atoms with Gasteiger partial charge in [-0.3, -0.25) is 24.0 Å². The van der Waals surface area contributed by atoms with Crippen molar-refractivity contribution < 1.29 is 28.1 Å². The van der Waals surface area contributed by atoms with E-state index in [0.717, 1.165) is 50.9 Å². The predicted molar refractivity (Wildman–Crippen MR) is 175 cm³/mol. The summed E-state index contributed by atoms with van der Waals surface area (Å²) in [6.45, 7) is 6.71. The first-order valence-corrected chi connectivity index (χ1v) is 15.2. The molecular weight excluding hydrogens is 605 g/mol. The van der Waals surface area contributed by atoms with Gasteiger partial charge in [-0.05, 0) is 49.7 Å². The maximum atomic E-state index is 15.3. The van der Waals surface area contributed by atoms with E-state index in [1.807, 2.05) is 19.1 Å². The number of fused-ring (bicyclic) bond motifs is 1. The normalized spacial score (nSPS) is 13.3. The average Bonchev–Trinajstić information content (AvgIpc) is 3.08. The van der Waals surface area contributed by atoms with Crippen molar-refractivity contribution in [3.05, 3.63) is 107 Å². The zero-order valence-electron chi connectivity index (χ0n) is 26.1. The number of morpholine rings is 1. The Morgan fingerprint density at radius 1 is 0.957 bits per heavy atom. The molecule has 5 aromatic rings. The highest BCUT2D eigenvalue weighted by Crippen LogP contribution is 2.38. The summed E-state index contributed by atoms with van der Waals surface area (Å²) in [5, 5.41) is 3.15. The van der Waals surface area contributed by atoms with Crippen molar-refractivity contribution in [3.8, 4) is 28.7 Å². The van der Waals surface area contributed by atoms with Crippen molar-refractivity contribution in [2.45, 2.75) is 13.3 Å². The zero-order chi connectivity index (χ0) is 32.8. The minimum Gasteiger partial charge on any atom is -0.493 e. The van der Waals surface area contributed by atoms with Crippen LogP contribution in [0.2, 0.25) is 0 Å². The van der Waals surface area contributed by atoms with Gasteiger partial charge < -0.3 is 24.3 Å². The lowest BCUT2D eigenvalue weighted by molar-refractivity contribution is 0.0357. The van der Waals surface area contributed by atoms with Crippen molar-refractivity contribution in [1.82, 2.24) is 19.4 Å². The molecule has 47 heavy (non-hydrogen) atoms. The molecule has 0 unspecified atom stereocenters. The summed E-state index contributed by atoms with van der Waals surface area (Å²) in [6, 6.07) is 16.4. The van der Waals surface area contributed by atoms with Gasteiger partial charge in [0, 0.05) is 67.1 Å². The van der Waals surface area contributed by atoms with Gasteiger partial charge in [0.2, 0.25) is 0 Å².